The topological polar surface area (TPSA) is 60.2 Å². The van der Waals surface area contributed by atoms with Crippen LogP contribution in [0.15, 0.2) is 48.2 Å². The predicted molar refractivity (Wildman–Crippen MR) is 100 cm³/mol. The lowest BCUT2D eigenvalue weighted by molar-refractivity contribution is -0.428. The monoisotopic (exact) mass is 332 g/mol. The molecule has 0 aliphatic rings. The zero-order valence-electron chi connectivity index (χ0n) is 14.8. The molecule has 0 rings (SSSR count). The highest BCUT2D eigenvalue weighted by Crippen LogP contribution is 2.12. The molecule has 1 radical (unpaired) electrons. The van der Waals surface area contributed by atoms with E-state index >= 15 is 0 Å². The molecule has 0 amide bonds. The van der Waals surface area contributed by atoms with E-state index in [4.69, 9.17) is 0 Å². The smallest absolute Gasteiger partial charge is 0.242 e. The fourth-order valence-electron chi connectivity index (χ4n) is 2.13. The molecular formula is C20H30NO3. The molecule has 0 aromatic heterocycles. The summed E-state index contributed by atoms with van der Waals surface area (Å²) in [6.07, 6.45) is 24.0. The van der Waals surface area contributed by atoms with E-state index in [-0.39, 0.29) is 4.92 Å². The van der Waals surface area contributed by atoms with E-state index in [9.17, 15) is 14.9 Å². The number of allylic oxidation sites excluding steroid dienone is 8. The summed E-state index contributed by atoms with van der Waals surface area (Å²) in [4.78, 5) is 20.8. The van der Waals surface area contributed by atoms with Crippen LogP contribution in [0.4, 0.5) is 0 Å². The summed E-state index contributed by atoms with van der Waals surface area (Å²) >= 11 is 0. The third kappa shape index (κ3) is 14.9. The maximum atomic E-state index is 11.0. The van der Waals surface area contributed by atoms with Gasteiger partial charge in [0.15, 0.2) is 6.29 Å². The van der Waals surface area contributed by atoms with Gasteiger partial charge in [0.2, 0.25) is 5.70 Å². The Morgan fingerprint density at radius 1 is 0.917 bits per heavy atom. The van der Waals surface area contributed by atoms with E-state index in [1.54, 1.807) is 6.08 Å². The minimum Gasteiger partial charge on any atom is -0.291 e. The minimum absolute atomic E-state index is 0.285. The van der Waals surface area contributed by atoms with Gasteiger partial charge in [-0.1, -0.05) is 56.2 Å². The first kappa shape index (κ1) is 22.0. The van der Waals surface area contributed by atoms with Gasteiger partial charge in [-0.15, -0.1) is 0 Å². The third-order valence-electron chi connectivity index (χ3n) is 3.47. The summed E-state index contributed by atoms with van der Waals surface area (Å²) in [5, 5.41) is 11.0. The maximum Gasteiger partial charge on any atom is 0.242 e. The molecule has 133 valence electrons. The van der Waals surface area contributed by atoms with E-state index in [2.05, 4.69) is 31.2 Å². The van der Waals surface area contributed by atoms with Gasteiger partial charge >= 0.3 is 0 Å². The largest absolute Gasteiger partial charge is 0.291 e. The second-order valence-electron chi connectivity index (χ2n) is 5.54. The number of nitrogens with zero attached hydrogens (tertiary/aromatic N) is 1. The summed E-state index contributed by atoms with van der Waals surface area (Å²) in [5.74, 6) is 0. The van der Waals surface area contributed by atoms with Crippen molar-refractivity contribution in [2.75, 3.05) is 0 Å². The van der Waals surface area contributed by atoms with Crippen LogP contribution in [0.25, 0.3) is 0 Å². The van der Waals surface area contributed by atoms with Crippen molar-refractivity contribution in [1.82, 2.24) is 0 Å². The molecule has 0 saturated heterocycles. The Labute approximate surface area is 146 Å². The molecule has 0 heterocycles. The first-order chi connectivity index (χ1) is 11.7. The molecule has 4 heteroatoms. The molecule has 0 unspecified atom stereocenters. The molecule has 24 heavy (non-hydrogen) atoms. The van der Waals surface area contributed by atoms with Crippen LogP contribution in [-0.4, -0.2) is 11.2 Å². The van der Waals surface area contributed by atoms with E-state index < -0.39 is 0 Å². The van der Waals surface area contributed by atoms with Gasteiger partial charge in [-0.2, -0.15) is 0 Å². The molecular weight excluding hydrogens is 302 g/mol. The van der Waals surface area contributed by atoms with Crippen molar-refractivity contribution in [1.29, 1.82) is 0 Å². The number of rotatable bonds is 15. The average Bonchev–Trinajstić information content (AvgIpc) is 2.57. The maximum absolute atomic E-state index is 11.0. The van der Waals surface area contributed by atoms with E-state index in [0.717, 1.165) is 44.9 Å². The molecule has 0 N–H and O–H groups in total. The minimum atomic E-state index is -0.285. The van der Waals surface area contributed by atoms with Crippen LogP contribution in [0.1, 0.15) is 71.1 Å². The Hall–Kier alpha value is -1.97. The number of unbranched alkanes of at least 4 members (excludes halogenated alkanes) is 4. The molecule has 0 aromatic rings. The van der Waals surface area contributed by atoms with E-state index in [1.807, 2.05) is 18.4 Å². The van der Waals surface area contributed by atoms with Gasteiger partial charge in [0.25, 0.3) is 0 Å². The quantitative estimate of drug-likeness (QED) is 0.164. The van der Waals surface area contributed by atoms with E-state index in [1.165, 1.54) is 0 Å². The summed E-state index contributed by atoms with van der Waals surface area (Å²) in [5.41, 5.74) is 0.293. The van der Waals surface area contributed by atoms with Crippen LogP contribution < -0.4 is 0 Å². The SMILES string of the molecule is CC/C=C\C/C=C\C/C=C\C/C=C(\CCCCCC[C]=O)[N+](=O)[O-]. The first-order valence-electron chi connectivity index (χ1n) is 8.85. The summed E-state index contributed by atoms with van der Waals surface area (Å²) in [6, 6.07) is 0. The van der Waals surface area contributed by atoms with Crippen molar-refractivity contribution in [3.05, 3.63) is 58.3 Å². The normalized spacial score (nSPS) is 12.6. The van der Waals surface area contributed by atoms with Crippen molar-refractivity contribution < 1.29 is 9.72 Å². The predicted octanol–water partition coefficient (Wildman–Crippen LogP) is 5.85. The molecule has 0 fully saturated rings. The highest BCUT2D eigenvalue weighted by atomic mass is 16.6. The van der Waals surface area contributed by atoms with Crippen LogP contribution in [0.3, 0.4) is 0 Å². The fraction of sp³-hybridized carbons (Fsp3) is 0.550. The van der Waals surface area contributed by atoms with E-state index in [0.29, 0.717) is 25.0 Å². The number of nitro groups is 1. The number of hydrogen-bond acceptors (Lipinski definition) is 3. The lowest BCUT2D eigenvalue weighted by Gasteiger charge is -1.99. The first-order valence-corrected chi connectivity index (χ1v) is 8.85. The van der Waals surface area contributed by atoms with Gasteiger partial charge < -0.3 is 0 Å². The second kappa shape index (κ2) is 17.4. The van der Waals surface area contributed by atoms with Gasteiger partial charge in [-0.25, -0.2) is 0 Å². The summed E-state index contributed by atoms with van der Waals surface area (Å²) < 4.78 is 0. The molecule has 0 aliphatic heterocycles. The van der Waals surface area contributed by atoms with Crippen LogP contribution in [0.2, 0.25) is 0 Å². The lowest BCUT2D eigenvalue weighted by Crippen LogP contribution is -1.98. The highest BCUT2D eigenvalue weighted by Gasteiger charge is 2.08. The zero-order chi connectivity index (χ0) is 17.9. The molecule has 0 saturated carbocycles. The van der Waals surface area contributed by atoms with Crippen molar-refractivity contribution in [2.45, 2.75) is 71.1 Å². The highest BCUT2D eigenvalue weighted by molar-refractivity contribution is 5.50. The number of hydrogen-bond donors (Lipinski definition) is 0. The van der Waals surface area contributed by atoms with Crippen molar-refractivity contribution >= 4 is 6.29 Å². The van der Waals surface area contributed by atoms with Gasteiger partial charge in [0.05, 0.1) is 4.92 Å². The Kier molecular flexibility index (Phi) is 16.0. The Morgan fingerprint density at radius 2 is 1.50 bits per heavy atom. The fourth-order valence-corrected chi connectivity index (χ4v) is 2.13. The molecule has 0 atom stereocenters. The standard InChI is InChI=1S/C20H30NO3/c1-2-3-4-5-6-7-8-9-11-14-17-20(21(23)24)18-15-12-10-13-16-19-22/h3-4,6-7,9,11,17H,2,5,8,10,12-16,18H2,1H3/b4-3-,7-6-,11-9-,20-17+. The van der Waals surface area contributed by atoms with Gasteiger partial charge in [0.1, 0.15) is 0 Å². The third-order valence-corrected chi connectivity index (χ3v) is 3.47. The Bertz CT molecular complexity index is 448. The Balaban J connectivity index is 3.94. The summed E-state index contributed by atoms with van der Waals surface area (Å²) in [7, 11) is 0. The van der Waals surface area contributed by atoms with Crippen molar-refractivity contribution in [3.63, 3.8) is 0 Å². The van der Waals surface area contributed by atoms with Crippen molar-refractivity contribution in [3.8, 4) is 0 Å². The van der Waals surface area contributed by atoms with Crippen LogP contribution in [0, 0.1) is 10.1 Å². The molecule has 0 spiro atoms. The number of carbonyl (C=O) groups excluding carboxylic acids is 1. The molecule has 4 nitrogen and oxygen atoms in total. The van der Waals surface area contributed by atoms with Gasteiger partial charge in [-0.05, 0) is 44.6 Å². The second-order valence-corrected chi connectivity index (χ2v) is 5.54. The molecule has 0 aliphatic carbocycles. The van der Waals surface area contributed by atoms with Crippen LogP contribution in [0.5, 0.6) is 0 Å². The average molecular weight is 332 g/mol. The van der Waals surface area contributed by atoms with Crippen molar-refractivity contribution in [2.24, 2.45) is 0 Å². The van der Waals surface area contributed by atoms with Crippen LogP contribution in [-0.2, 0) is 4.79 Å². The molecule has 0 aromatic carbocycles. The molecule has 0 bridgehead atoms. The Morgan fingerprint density at radius 3 is 2.08 bits per heavy atom. The van der Waals surface area contributed by atoms with Gasteiger partial charge in [-0.3, -0.25) is 14.9 Å². The van der Waals surface area contributed by atoms with Gasteiger partial charge in [0, 0.05) is 12.8 Å². The summed E-state index contributed by atoms with van der Waals surface area (Å²) in [6.45, 7) is 2.11. The zero-order valence-corrected chi connectivity index (χ0v) is 14.8. The lowest BCUT2D eigenvalue weighted by atomic mass is 10.1. The van der Waals surface area contributed by atoms with Crippen LogP contribution >= 0.6 is 0 Å².